The van der Waals surface area contributed by atoms with E-state index in [1.807, 2.05) is 21.0 Å². The second kappa shape index (κ2) is 8.78. The van der Waals surface area contributed by atoms with E-state index in [4.69, 9.17) is 4.74 Å². The highest BCUT2D eigenvalue weighted by molar-refractivity contribution is 7.91. The molecule has 0 aliphatic heterocycles. The summed E-state index contributed by atoms with van der Waals surface area (Å²) in [6.07, 6.45) is 0. The van der Waals surface area contributed by atoms with Gasteiger partial charge in [-0.3, -0.25) is 4.79 Å². The maximum atomic E-state index is 12.4. The van der Waals surface area contributed by atoms with Crippen LogP contribution in [0.5, 0.6) is 0 Å². The number of benzene rings is 1. The molecule has 1 rings (SSSR count). The predicted molar refractivity (Wildman–Crippen MR) is 99.6 cm³/mol. The van der Waals surface area contributed by atoms with Crippen LogP contribution in [0.3, 0.4) is 0 Å². The molecular formula is C18H30N2O4S. The Morgan fingerprint density at radius 2 is 1.80 bits per heavy atom. The van der Waals surface area contributed by atoms with Crippen molar-refractivity contribution in [3.05, 3.63) is 29.8 Å². The van der Waals surface area contributed by atoms with Crippen LogP contribution in [0.25, 0.3) is 0 Å². The van der Waals surface area contributed by atoms with Crippen LogP contribution >= 0.6 is 0 Å². The largest absolute Gasteiger partial charge is 0.384 e. The molecule has 0 saturated heterocycles. The van der Waals surface area contributed by atoms with Crippen LogP contribution in [0, 0.1) is 5.41 Å². The zero-order chi connectivity index (χ0) is 19.3. The Kier molecular flexibility index (Phi) is 7.59. The first-order chi connectivity index (χ1) is 11.5. The molecule has 1 atom stereocenters. The standard InChI is InChI=1S/C18H30N2O4S/c1-14(18(2,3)13-20(4)5)19-17(21)15-7-9-16(10-8-15)25(22,23)12-11-24-6/h7-10,14H,11-13H2,1-6H3,(H,19,21). The lowest BCUT2D eigenvalue weighted by Crippen LogP contribution is -2.47. The maximum absolute atomic E-state index is 12.4. The van der Waals surface area contributed by atoms with Crippen LogP contribution in [0.15, 0.2) is 29.2 Å². The fourth-order valence-corrected chi connectivity index (χ4v) is 3.72. The summed E-state index contributed by atoms with van der Waals surface area (Å²) in [7, 11) is 2.07. The third kappa shape index (κ3) is 6.41. The molecule has 0 aromatic heterocycles. The summed E-state index contributed by atoms with van der Waals surface area (Å²) in [6, 6.07) is 5.99. The van der Waals surface area contributed by atoms with Crippen LogP contribution in [0.1, 0.15) is 31.1 Å². The van der Waals surface area contributed by atoms with Crippen molar-refractivity contribution in [2.24, 2.45) is 5.41 Å². The van der Waals surface area contributed by atoms with Crippen molar-refractivity contribution in [3.8, 4) is 0 Å². The Morgan fingerprint density at radius 1 is 1.24 bits per heavy atom. The van der Waals surface area contributed by atoms with Crippen molar-refractivity contribution in [1.82, 2.24) is 10.2 Å². The number of amides is 1. The van der Waals surface area contributed by atoms with Gasteiger partial charge in [-0.1, -0.05) is 13.8 Å². The number of methoxy groups -OCH3 is 1. The van der Waals surface area contributed by atoms with Gasteiger partial charge >= 0.3 is 0 Å². The highest BCUT2D eigenvalue weighted by Gasteiger charge is 2.28. The minimum absolute atomic E-state index is 0.0347. The molecule has 25 heavy (non-hydrogen) atoms. The molecule has 1 unspecified atom stereocenters. The molecule has 7 heteroatoms. The fraction of sp³-hybridized carbons (Fsp3) is 0.611. The Balaban J connectivity index is 2.81. The lowest BCUT2D eigenvalue weighted by Gasteiger charge is -2.34. The van der Waals surface area contributed by atoms with Gasteiger partial charge < -0.3 is 15.0 Å². The number of carbonyl (C=O) groups excluding carboxylic acids is 1. The van der Waals surface area contributed by atoms with Gasteiger partial charge in [0.15, 0.2) is 9.84 Å². The Morgan fingerprint density at radius 3 is 2.28 bits per heavy atom. The molecule has 1 aromatic carbocycles. The molecule has 0 aliphatic rings. The van der Waals surface area contributed by atoms with Crippen LogP contribution in [-0.2, 0) is 14.6 Å². The molecule has 1 aromatic rings. The van der Waals surface area contributed by atoms with Gasteiger partial charge in [0.1, 0.15) is 0 Å². The highest BCUT2D eigenvalue weighted by atomic mass is 32.2. The van der Waals surface area contributed by atoms with Crippen molar-refractivity contribution in [2.45, 2.75) is 31.7 Å². The van der Waals surface area contributed by atoms with E-state index in [9.17, 15) is 13.2 Å². The second-order valence-corrected chi connectivity index (χ2v) is 9.37. The fourth-order valence-electron chi connectivity index (χ4n) is 2.55. The van der Waals surface area contributed by atoms with Gasteiger partial charge in [-0.05, 0) is 50.7 Å². The Bertz CT molecular complexity index is 667. The molecule has 0 saturated carbocycles. The number of nitrogens with one attached hydrogen (secondary N) is 1. The summed E-state index contributed by atoms with van der Waals surface area (Å²) < 4.78 is 29.0. The molecule has 6 nitrogen and oxygen atoms in total. The van der Waals surface area contributed by atoms with Gasteiger partial charge in [0, 0.05) is 25.3 Å². The van der Waals surface area contributed by atoms with Gasteiger partial charge in [-0.15, -0.1) is 0 Å². The topological polar surface area (TPSA) is 75.7 Å². The lowest BCUT2D eigenvalue weighted by molar-refractivity contribution is 0.0885. The molecule has 1 N–H and O–H groups in total. The first-order valence-electron chi connectivity index (χ1n) is 8.27. The summed E-state index contributed by atoms with van der Waals surface area (Å²) >= 11 is 0. The zero-order valence-electron chi connectivity index (χ0n) is 16.0. The molecule has 0 spiro atoms. The first-order valence-corrected chi connectivity index (χ1v) is 9.92. The van der Waals surface area contributed by atoms with E-state index in [0.717, 1.165) is 6.54 Å². The van der Waals surface area contributed by atoms with Gasteiger partial charge in [-0.25, -0.2) is 8.42 Å². The Labute approximate surface area is 151 Å². The van der Waals surface area contributed by atoms with Crippen molar-refractivity contribution in [3.63, 3.8) is 0 Å². The monoisotopic (exact) mass is 370 g/mol. The van der Waals surface area contributed by atoms with E-state index >= 15 is 0 Å². The summed E-state index contributed by atoms with van der Waals surface area (Å²) in [6.45, 7) is 7.16. The van der Waals surface area contributed by atoms with Gasteiger partial charge in [0.05, 0.1) is 17.3 Å². The summed E-state index contributed by atoms with van der Waals surface area (Å²) in [5, 5.41) is 3.00. The van der Waals surface area contributed by atoms with Gasteiger partial charge in [-0.2, -0.15) is 0 Å². The molecule has 0 bridgehead atoms. The van der Waals surface area contributed by atoms with E-state index < -0.39 is 9.84 Å². The van der Waals surface area contributed by atoms with Gasteiger partial charge in [0.25, 0.3) is 5.91 Å². The molecule has 142 valence electrons. The average molecular weight is 371 g/mol. The smallest absolute Gasteiger partial charge is 0.251 e. The summed E-state index contributed by atoms with van der Waals surface area (Å²) in [5.74, 6) is -0.287. The van der Waals surface area contributed by atoms with Gasteiger partial charge in [0.2, 0.25) is 0 Å². The normalized spacial score (nSPS) is 13.7. The third-order valence-electron chi connectivity index (χ3n) is 4.28. The summed E-state index contributed by atoms with van der Waals surface area (Å²) in [4.78, 5) is 14.7. The molecule has 0 heterocycles. The Hall–Kier alpha value is -1.44. The number of sulfone groups is 1. The lowest BCUT2D eigenvalue weighted by atomic mass is 9.84. The summed E-state index contributed by atoms with van der Waals surface area (Å²) in [5.41, 5.74) is 0.348. The van der Waals surface area contributed by atoms with Crippen molar-refractivity contribution >= 4 is 15.7 Å². The minimum atomic E-state index is -3.39. The van der Waals surface area contributed by atoms with E-state index in [1.54, 1.807) is 12.1 Å². The van der Waals surface area contributed by atoms with Crippen LogP contribution in [-0.4, -0.2) is 65.4 Å². The molecule has 1 amide bonds. The number of rotatable bonds is 9. The first kappa shape index (κ1) is 21.6. The van der Waals surface area contributed by atoms with Crippen molar-refractivity contribution in [1.29, 1.82) is 0 Å². The predicted octanol–water partition coefficient (Wildman–Crippen LogP) is 1.81. The minimum Gasteiger partial charge on any atom is -0.384 e. The highest BCUT2D eigenvalue weighted by Crippen LogP contribution is 2.21. The van der Waals surface area contributed by atoms with E-state index in [1.165, 1.54) is 19.2 Å². The third-order valence-corrected chi connectivity index (χ3v) is 5.97. The number of hydrogen-bond acceptors (Lipinski definition) is 5. The molecule has 0 radical (unpaired) electrons. The number of nitrogens with zero attached hydrogens (tertiary/aromatic N) is 1. The van der Waals surface area contributed by atoms with E-state index in [0.29, 0.717) is 5.56 Å². The average Bonchev–Trinajstić information content (AvgIpc) is 2.51. The number of carbonyl (C=O) groups is 1. The zero-order valence-corrected chi connectivity index (χ0v) is 16.8. The van der Waals surface area contributed by atoms with Crippen LogP contribution in [0.4, 0.5) is 0 Å². The number of hydrogen-bond donors (Lipinski definition) is 1. The van der Waals surface area contributed by atoms with E-state index in [2.05, 4.69) is 24.1 Å². The van der Waals surface area contributed by atoms with E-state index in [-0.39, 0.29) is 34.6 Å². The molecule has 0 aliphatic carbocycles. The molecule has 0 fully saturated rings. The quantitative estimate of drug-likeness (QED) is 0.717. The number of ether oxygens (including phenoxy) is 1. The van der Waals surface area contributed by atoms with Crippen molar-refractivity contribution < 1.29 is 17.9 Å². The van der Waals surface area contributed by atoms with Crippen molar-refractivity contribution in [2.75, 3.05) is 40.1 Å². The molecular weight excluding hydrogens is 340 g/mol. The van der Waals surface area contributed by atoms with Crippen LogP contribution < -0.4 is 5.32 Å². The maximum Gasteiger partial charge on any atom is 0.251 e. The van der Waals surface area contributed by atoms with Crippen LogP contribution in [0.2, 0.25) is 0 Å². The SMILES string of the molecule is COCCS(=O)(=O)c1ccc(C(=O)NC(C)C(C)(C)CN(C)C)cc1. The second-order valence-electron chi connectivity index (χ2n) is 7.26.